The molecule has 0 unspecified atom stereocenters. The molecule has 8 aromatic rings. The highest BCUT2D eigenvalue weighted by molar-refractivity contribution is 6.22. The molecule has 0 atom stereocenters. The number of para-hydroxylation sites is 4. The molecule has 0 bridgehead atoms. The van der Waals surface area contributed by atoms with E-state index < -0.39 is 0 Å². The van der Waals surface area contributed by atoms with E-state index in [9.17, 15) is 0 Å². The number of terminal acetylenes is 1. The minimum absolute atomic E-state index is 0.884. The van der Waals surface area contributed by atoms with Crippen LogP contribution in [0, 0.1) is 12.3 Å². The Kier molecular flexibility index (Phi) is 4.32. The van der Waals surface area contributed by atoms with Crippen LogP contribution in [0.15, 0.2) is 127 Å². The molecule has 0 spiro atoms. The third-order valence-corrected chi connectivity index (χ3v) is 7.76. The van der Waals surface area contributed by atoms with Crippen molar-refractivity contribution in [2.75, 3.05) is 0 Å². The molecule has 2 aromatic heterocycles. The van der Waals surface area contributed by atoms with E-state index >= 15 is 0 Å². The summed E-state index contributed by atoms with van der Waals surface area (Å²) in [4.78, 5) is 0. The first-order valence-electron chi connectivity index (χ1n) is 12.8. The second-order valence-corrected chi connectivity index (χ2v) is 9.75. The predicted octanol–water partition coefficient (Wildman–Crippen LogP) is 9.02. The number of hydrogen-bond donors (Lipinski definition) is 0. The Morgan fingerprint density at radius 1 is 0.474 bits per heavy atom. The van der Waals surface area contributed by atoms with E-state index in [1.807, 2.05) is 12.1 Å². The largest absolute Gasteiger partial charge is 0.309 e. The first kappa shape index (κ1) is 20.9. The number of benzene rings is 6. The standard InChI is InChI=1S/C36H22N2/c1-2-24-12-6-9-17-32(24)38-34-19-11-8-16-28(34)31-23-30-25(22-35(31)38)20-21-29-27-15-7-10-18-33(27)37(36(29)30)26-13-4-3-5-14-26/h1,3-23H. The van der Waals surface area contributed by atoms with Gasteiger partial charge in [-0.1, -0.05) is 84.8 Å². The molecule has 38 heavy (non-hydrogen) atoms. The monoisotopic (exact) mass is 482 g/mol. The van der Waals surface area contributed by atoms with Crippen LogP contribution in [0.5, 0.6) is 0 Å². The highest BCUT2D eigenvalue weighted by Crippen LogP contribution is 2.40. The summed E-state index contributed by atoms with van der Waals surface area (Å²) in [6, 6.07) is 45.4. The van der Waals surface area contributed by atoms with Crippen molar-refractivity contribution in [3.63, 3.8) is 0 Å². The van der Waals surface area contributed by atoms with Crippen molar-refractivity contribution in [3.8, 4) is 23.7 Å². The summed E-state index contributed by atoms with van der Waals surface area (Å²) in [7, 11) is 0. The summed E-state index contributed by atoms with van der Waals surface area (Å²) < 4.78 is 4.72. The third-order valence-electron chi connectivity index (χ3n) is 7.76. The number of fused-ring (bicyclic) bond motifs is 8. The minimum atomic E-state index is 0.884. The maximum Gasteiger partial charge on any atom is 0.0619 e. The van der Waals surface area contributed by atoms with Crippen LogP contribution >= 0.6 is 0 Å². The SMILES string of the molecule is C#Cc1ccccc1-n1c2ccccc2c2cc3c(ccc4c5ccccc5n(-c5ccccc5)c34)cc21. The summed E-state index contributed by atoms with van der Waals surface area (Å²) in [5.74, 6) is 2.89. The van der Waals surface area contributed by atoms with Gasteiger partial charge in [0.05, 0.1) is 27.8 Å². The Hall–Kier alpha value is -5.26. The second-order valence-electron chi connectivity index (χ2n) is 9.75. The molecule has 2 heterocycles. The van der Waals surface area contributed by atoms with E-state index in [1.54, 1.807) is 0 Å². The Bertz CT molecular complexity index is 2240. The van der Waals surface area contributed by atoms with Gasteiger partial charge in [0.2, 0.25) is 0 Å². The Morgan fingerprint density at radius 2 is 1.13 bits per heavy atom. The Balaban J connectivity index is 1.58. The van der Waals surface area contributed by atoms with Gasteiger partial charge in [-0.2, -0.15) is 0 Å². The molecular weight excluding hydrogens is 460 g/mol. The fraction of sp³-hybridized carbons (Fsp3) is 0. The maximum atomic E-state index is 5.94. The molecule has 0 saturated heterocycles. The van der Waals surface area contributed by atoms with Gasteiger partial charge < -0.3 is 9.13 Å². The molecule has 0 aliphatic rings. The van der Waals surface area contributed by atoms with Crippen molar-refractivity contribution >= 4 is 54.4 Å². The molecule has 176 valence electrons. The fourth-order valence-electron chi connectivity index (χ4n) is 6.14. The maximum absolute atomic E-state index is 5.94. The van der Waals surface area contributed by atoms with E-state index in [0.717, 1.165) is 28.0 Å². The van der Waals surface area contributed by atoms with Crippen LogP contribution in [0.25, 0.3) is 65.8 Å². The van der Waals surface area contributed by atoms with Crippen molar-refractivity contribution < 1.29 is 0 Å². The van der Waals surface area contributed by atoms with Gasteiger partial charge in [-0.3, -0.25) is 0 Å². The van der Waals surface area contributed by atoms with Crippen molar-refractivity contribution in [1.29, 1.82) is 0 Å². The van der Waals surface area contributed by atoms with Gasteiger partial charge in [0, 0.05) is 38.2 Å². The molecule has 0 radical (unpaired) electrons. The van der Waals surface area contributed by atoms with E-state index in [4.69, 9.17) is 6.42 Å². The lowest BCUT2D eigenvalue weighted by Gasteiger charge is -2.12. The van der Waals surface area contributed by atoms with Gasteiger partial charge in [-0.15, -0.1) is 6.42 Å². The van der Waals surface area contributed by atoms with Crippen LogP contribution in [0.1, 0.15) is 5.56 Å². The van der Waals surface area contributed by atoms with Crippen molar-refractivity contribution in [2.45, 2.75) is 0 Å². The minimum Gasteiger partial charge on any atom is -0.309 e. The second kappa shape index (κ2) is 7.87. The van der Waals surface area contributed by atoms with Gasteiger partial charge in [-0.25, -0.2) is 0 Å². The molecule has 6 aromatic carbocycles. The lowest BCUT2D eigenvalue weighted by atomic mass is 10.0. The summed E-state index contributed by atoms with van der Waals surface area (Å²) in [5.41, 5.74) is 7.83. The normalized spacial score (nSPS) is 11.7. The highest BCUT2D eigenvalue weighted by atomic mass is 15.0. The van der Waals surface area contributed by atoms with Crippen molar-refractivity contribution in [3.05, 3.63) is 133 Å². The summed E-state index contributed by atoms with van der Waals surface area (Å²) in [6.45, 7) is 0. The molecule has 0 amide bonds. The summed E-state index contributed by atoms with van der Waals surface area (Å²) in [6.07, 6.45) is 5.94. The molecule has 8 rings (SSSR count). The van der Waals surface area contributed by atoms with Crippen molar-refractivity contribution in [1.82, 2.24) is 9.13 Å². The first-order chi connectivity index (χ1) is 18.8. The molecule has 2 heteroatoms. The van der Waals surface area contributed by atoms with E-state index in [1.165, 1.54) is 43.4 Å². The molecule has 0 N–H and O–H groups in total. The number of nitrogens with zero attached hydrogens (tertiary/aromatic N) is 2. The van der Waals surface area contributed by atoms with Gasteiger partial charge in [0.25, 0.3) is 0 Å². The Morgan fingerprint density at radius 3 is 1.92 bits per heavy atom. The fourth-order valence-corrected chi connectivity index (χ4v) is 6.14. The van der Waals surface area contributed by atoms with Crippen LogP contribution in [0.4, 0.5) is 0 Å². The third kappa shape index (κ3) is 2.79. The van der Waals surface area contributed by atoms with E-state index in [-0.39, 0.29) is 0 Å². The molecule has 2 nitrogen and oxygen atoms in total. The predicted molar refractivity (Wildman–Crippen MR) is 161 cm³/mol. The van der Waals surface area contributed by atoms with Crippen LogP contribution in [-0.4, -0.2) is 9.13 Å². The molecule has 0 aliphatic heterocycles. The lowest BCUT2D eigenvalue weighted by Crippen LogP contribution is -1.97. The van der Waals surface area contributed by atoms with Crippen LogP contribution in [0.3, 0.4) is 0 Å². The molecule has 0 saturated carbocycles. The zero-order valence-corrected chi connectivity index (χ0v) is 20.6. The smallest absolute Gasteiger partial charge is 0.0619 e. The average Bonchev–Trinajstić information content (AvgIpc) is 3.49. The van der Waals surface area contributed by atoms with Gasteiger partial charge in [-0.05, 0) is 53.9 Å². The topological polar surface area (TPSA) is 9.86 Å². The molecule has 0 fully saturated rings. The summed E-state index contributed by atoms with van der Waals surface area (Å²) in [5, 5.41) is 7.40. The lowest BCUT2D eigenvalue weighted by molar-refractivity contribution is 1.17. The highest BCUT2D eigenvalue weighted by Gasteiger charge is 2.18. The van der Waals surface area contributed by atoms with Crippen LogP contribution in [-0.2, 0) is 0 Å². The zero-order valence-electron chi connectivity index (χ0n) is 20.6. The Labute approximate surface area is 220 Å². The van der Waals surface area contributed by atoms with Gasteiger partial charge >= 0.3 is 0 Å². The van der Waals surface area contributed by atoms with E-state index in [0.29, 0.717) is 0 Å². The molecule has 0 aliphatic carbocycles. The van der Waals surface area contributed by atoms with Crippen molar-refractivity contribution in [2.24, 2.45) is 0 Å². The zero-order chi connectivity index (χ0) is 25.2. The summed E-state index contributed by atoms with van der Waals surface area (Å²) >= 11 is 0. The number of rotatable bonds is 2. The van der Waals surface area contributed by atoms with Crippen LogP contribution < -0.4 is 0 Å². The van der Waals surface area contributed by atoms with Crippen LogP contribution in [0.2, 0.25) is 0 Å². The van der Waals surface area contributed by atoms with Gasteiger partial charge in [0.15, 0.2) is 0 Å². The number of aromatic nitrogens is 2. The van der Waals surface area contributed by atoms with E-state index in [2.05, 4.69) is 130 Å². The van der Waals surface area contributed by atoms with Gasteiger partial charge in [0.1, 0.15) is 0 Å². The first-order valence-corrected chi connectivity index (χ1v) is 12.8. The number of hydrogen-bond acceptors (Lipinski definition) is 0. The quantitative estimate of drug-likeness (QED) is 0.218. The average molecular weight is 483 g/mol. The molecular formula is C36H22N2.